The van der Waals surface area contributed by atoms with E-state index in [1.165, 1.54) is 0 Å². The Hall–Kier alpha value is -2.45. The van der Waals surface area contributed by atoms with Crippen molar-refractivity contribution in [1.29, 1.82) is 5.26 Å². The van der Waals surface area contributed by atoms with Crippen LogP contribution in [-0.4, -0.2) is 23.9 Å². The molecule has 3 N–H and O–H groups in total. The van der Waals surface area contributed by atoms with Gasteiger partial charge in [0.1, 0.15) is 5.82 Å². The van der Waals surface area contributed by atoms with Crippen LogP contribution in [0.1, 0.15) is 45.6 Å². The number of carbonyl (C=O) groups excluding carboxylic acids is 1. The molecule has 0 aliphatic carbocycles. The molecule has 1 aromatic carbocycles. The van der Waals surface area contributed by atoms with E-state index in [4.69, 9.17) is 17.3 Å². The first kappa shape index (κ1) is 20.9. The van der Waals surface area contributed by atoms with Gasteiger partial charge in [0.25, 0.3) is 0 Å². The number of nitrogens with two attached hydrogens (primary N) is 1. The van der Waals surface area contributed by atoms with Crippen molar-refractivity contribution in [2.75, 3.05) is 13.1 Å². The highest BCUT2D eigenvalue weighted by atomic mass is 35.5. The van der Waals surface area contributed by atoms with E-state index in [-0.39, 0.29) is 5.91 Å². The molecule has 1 amide bonds. The van der Waals surface area contributed by atoms with Gasteiger partial charge in [0.05, 0.1) is 17.6 Å². The summed E-state index contributed by atoms with van der Waals surface area (Å²) in [4.78, 5) is 14.9. The number of hydrogen-bond acceptors (Lipinski definition) is 4. The predicted octanol–water partition coefficient (Wildman–Crippen LogP) is 3.89. The zero-order valence-corrected chi connectivity index (χ0v) is 17.1. The van der Waals surface area contributed by atoms with Crippen molar-refractivity contribution in [3.8, 4) is 6.07 Å². The van der Waals surface area contributed by atoms with E-state index in [9.17, 15) is 10.1 Å². The highest BCUT2D eigenvalue weighted by Gasteiger charge is 2.37. The van der Waals surface area contributed by atoms with E-state index in [0.29, 0.717) is 41.0 Å². The molecule has 1 aliphatic rings. The van der Waals surface area contributed by atoms with Gasteiger partial charge in [0.15, 0.2) is 0 Å². The summed E-state index contributed by atoms with van der Waals surface area (Å²) in [5, 5.41) is 13.4. The minimum absolute atomic E-state index is 0.164. The Labute approximate surface area is 166 Å². The van der Waals surface area contributed by atoms with Gasteiger partial charge in [-0.25, -0.2) is 0 Å². The lowest BCUT2D eigenvalue weighted by Crippen LogP contribution is -2.40. The first-order valence-corrected chi connectivity index (χ1v) is 9.61. The van der Waals surface area contributed by atoms with E-state index in [1.807, 2.05) is 30.9 Å². The highest BCUT2D eigenvalue weighted by Crippen LogP contribution is 2.40. The fourth-order valence-corrected chi connectivity index (χ4v) is 3.44. The van der Waals surface area contributed by atoms with Gasteiger partial charge in [0.2, 0.25) is 5.91 Å². The molecular formula is C21H27ClN4O. The molecule has 144 valence electrons. The molecule has 1 aromatic rings. The Bertz CT molecular complexity index is 802. The Morgan fingerprint density at radius 3 is 2.52 bits per heavy atom. The average Bonchev–Trinajstić information content (AvgIpc) is 2.63. The largest absolute Gasteiger partial charge is 0.384 e. The zero-order chi connectivity index (χ0) is 20.1. The fourth-order valence-electron chi connectivity index (χ4n) is 3.31. The molecule has 1 aliphatic heterocycles. The second kappa shape index (κ2) is 8.96. The molecule has 0 aromatic heterocycles. The summed E-state index contributed by atoms with van der Waals surface area (Å²) in [5.41, 5.74) is 8.95. The fraction of sp³-hybridized carbons (Fsp3) is 0.429. The van der Waals surface area contributed by atoms with Crippen LogP contribution in [0.4, 0.5) is 0 Å². The molecule has 0 fully saturated rings. The van der Waals surface area contributed by atoms with Gasteiger partial charge in [0, 0.05) is 29.4 Å². The van der Waals surface area contributed by atoms with Crippen LogP contribution >= 0.6 is 11.6 Å². The molecular weight excluding hydrogens is 360 g/mol. The summed E-state index contributed by atoms with van der Waals surface area (Å²) in [6.07, 6.45) is 0.836. The molecule has 2 rings (SSSR count). The zero-order valence-electron chi connectivity index (χ0n) is 16.3. The van der Waals surface area contributed by atoms with Gasteiger partial charge in [-0.15, -0.1) is 0 Å². The van der Waals surface area contributed by atoms with Gasteiger partial charge >= 0.3 is 0 Å². The maximum absolute atomic E-state index is 13.0. The molecule has 1 unspecified atom stereocenters. The van der Waals surface area contributed by atoms with E-state index < -0.39 is 5.92 Å². The monoisotopic (exact) mass is 386 g/mol. The quantitative estimate of drug-likeness (QED) is 0.776. The van der Waals surface area contributed by atoms with Crippen molar-refractivity contribution >= 4 is 17.5 Å². The maximum atomic E-state index is 13.0. The second-order valence-corrected chi connectivity index (χ2v) is 7.59. The maximum Gasteiger partial charge on any atom is 0.249 e. The number of nitrogens with one attached hydrogen (secondary N) is 1. The van der Waals surface area contributed by atoms with E-state index in [0.717, 1.165) is 17.7 Å². The van der Waals surface area contributed by atoms with E-state index >= 15 is 0 Å². The van der Waals surface area contributed by atoms with Crippen LogP contribution in [0.5, 0.6) is 0 Å². The number of carbonyl (C=O) groups is 1. The van der Waals surface area contributed by atoms with Crippen molar-refractivity contribution in [3.05, 3.63) is 57.5 Å². The van der Waals surface area contributed by atoms with Crippen LogP contribution in [0, 0.1) is 17.2 Å². The van der Waals surface area contributed by atoms with Gasteiger partial charge in [-0.05, 0) is 37.0 Å². The van der Waals surface area contributed by atoms with Gasteiger partial charge in [-0.3, -0.25) is 4.79 Å². The number of amides is 1. The van der Waals surface area contributed by atoms with E-state index in [2.05, 4.69) is 25.2 Å². The third-order valence-electron chi connectivity index (χ3n) is 4.59. The number of hydrogen-bond donors (Lipinski definition) is 2. The summed E-state index contributed by atoms with van der Waals surface area (Å²) in [6, 6.07) is 9.46. The van der Waals surface area contributed by atoms with Crippen LogP contribution < -0.4 is 11.1 Å². The van der Waals surface area contributed by atoms with Gasteiger partial charge in [-0.2, -0.15) is 5.26 Å². The standard InChI is InChI=1S/C21H27ClN4O/c1-5-10-25-21(27)18-14(4)26(12-13(2)3)20(24)17(11-23)19(18)15-6-8-16(22)9-7-15/h6-9,13,19H,5,10,12,24H2,1-4H3,(H,25,27). The number of rotatable bonds is 6. The summed E-state index contributed by atoms with van der Waals surface area (Å²) in [5.74, 6) is 0.0667. The highest BCUT2D eigenvalue weighted by molar-refractivity contribution is 6.30. The molecule has 0 radical (unpaired) electrons. The summed E-state index contributed by atoms with van der Waals surface area (Å²) >= 11 is 6.02. The van der Waals surface area contributed by atoms with Crippen molar-refractivity contribution in [2.24, 2.45) is 11.7 Å². The smallest absolute Gasteiger partial charge is 0.249 e. The van der Waals surface area contributed by atoms with Crippen molar-refractivity contribution in [2.45, 2.75) is 40.0 Å². The third-order valence-corrected chi connectivity index (χ3v) is 4.84. The van der Waals surface area contributed by atoms with Crippen molar-refractivity contribution in [3.63, 3.8) is 0 Å². The molecule has 1 atom stereocenters. The van der Waals surface area contributed by atoms with Crippen LogP contribution in [0.15, 0.2) is 46.9 Å². The molecule has 6 heteroatoms. The third kappa shape index (κ3) is 4.45. The first-order chi connectivity index (χ1) is 12.8. The lowest BCUT2D eigenvalue weighted by Gasteiger charge is -2.37. The summed E-state index contributed by atoms with van der Waals surface area (Å²) in [7, 11) is 0. The van der Waals surface area contributed by atoms with Crippen LogP contribution in [0.3, 0.4) is 0 Å². The topological polar surface area (TPSA) is 82.2 Å². The lowest BCUT2D eigenvalue weighted by atomic mass is 9.80. The number of benzene rings is 1. The lowest BCUT2D eigenvalue weighted by molar-refractivity contribution is -0.117. The molecule has 0 spiro atoms. The van der Waals surface area contributed by atoms with E-state index in [1.54, 1.807) is 12.1 Å². The Balaban J connectivity index is 2.64. The number of halogens is 1. The summed E-state index contributed by atoms with van der Waals surface area (Å²) in [6.45, 7) is 9.27. The molecule has 0 saturated carbocycles. The number of nitriles is 1. The van der Waals surface area contributed by atoms with Crippen LogP contribution in [-0.2, 0) is 4.79 Å². The molecule has 0 bridgehead atoms. The average molecular weight is 387 g/mol. The molecule has 0 saturated heterocycles. The van der Waals surface area contributed by atoms with Crippen molar-refractivity contribution < 1.29 is 4.79 Å². The molecule has 27 heavy (non-hydrogen) atoms. The Morgan fingerprint density at radius 1 is 1.37 bits per heavy atom. The minimum Gasteiger partial charge on any atom is -0.384 e. The SMILES string of the molecule is CCCNC(=O)C1=C(C)N(CC(C)C)C(N)=C(C#N)C1c1ccc(Cl)cc1. The van der Waals surface area contributed by atoms with Crippen molar-refractivity contribution in [1.82, 2.24) is 10.2 Å². The number of allylic oxidation sites excluding steroid dienone is 2. The van der Waals surface area contributed by atoms with Gasteiger partial charge in [-0.1, -0.05) is 44.5 Å². The minimum atomic E-state index is -0.507. The Morgan fingerprint density at radius 2 is 2.00 bits per heavy atom. The second-order valence-electron chi connectivity index (χ2n) is 7.15. The first-order valence-electron chi connectivity index (χ1n) is 9.23. The van der Waals surface area contributed by atoms with Crippen LogP contribution in [0.25, 0.3) is 0 Å². The Kier molecular flexibility index (Phi) is 6.92. The summed E-state index contributed by atoms with van der Waals surface area (Å²) < 4.78 is 0. The molecule has 5 nitrogen and oxygen atoms in total. The van der Waals surface area contributed by atoms with Crippen LogP contribution in [0.2, 0.25) is 5.02 Å². The molecule has 1 heterocycles. The number of nitrogens with zero attached hydrogens (tertiary/aromatic N) is 2. The predicted molar refractivity (Wildman–Crippen MR) is 109 cm³/mol. The normalized spacial score (nSPS) is 17.4. The van der Waals surface area contributed by atoms with Gasteiger partial charge < -0.3 is 16.0 Å².